The number of fused-ring (bicyclic) bond motifs is 3. The standard InChI is InChI=1S/C33H35N2/c1-5-35(6-2)28-20-16-25(17-21-28)18-23-31-33(3,24-26-12-8-7-9-13-26)32-29-15-11-10-14-27(29)19-22-30(32)34(31)4/h7-23H,5-6,24H2,1-4H3/q+1. The molecule has 176 valence electrons. The van der Waals surface area contributed by atoms with Gasteiger partial charge in [0.1, 0.15) is 7.05 Å². The van der Waals surface area contributed by atoms with Crippen LogP contribution in [0.5, 0.6) is 0 Å². The Morgan fingerprint density at radius 1 is 0.771 bits per heavy atom. The molecule has 5 rings (SSSR count). The molecule has 1 unspecified atom stereocenters. The Balaban J connectivity index is 1.58. The van der Waals surface area contributed by atoms with E-state index in [4.69, 9.17) is 0 Å². The van der Waals surface area contributed by atoms with Gasteiger partial charge in [0.15, 0.2) is 5.71 Å². The minimum Gasteiger partial charge on any atom is -0.372 e. The Kier molecular flexibility index (Phi) is 6.30. The lowest BCUT2D eigenvalue weighted by molar-refractivity contribution is -0.401. The molecule has 2 nitrogen and oxygen atoms in total. The number of benzene rings is 4. The summed E-state index contributed by atoms with van der Waals surface area (Å²) >= 11 is 0. The van der Waals surface area contributed by atoms with E-state index in [-0.39, 0.29) is 5.41 Å². The summed E-state index contributed by atoms with van der Waals surface area (Å²) in [4.78, 5) is 2.38. The van der Waals surface area contributed by atoms with Crippen molar-refractivity contribution in [3.05, 3.63) is 114 Å². The third-order valence-electron chi connectivity index (χ3n) is 7.60. The highest BCUT2D eigenvalue weighted by atomic mass is 15.1. The summed E-state index contributed by atoms with van der Waals surface area (Å²) in [6.07, 6.45) is 5.57. The lowest BCUT2D eigenvalue weighted by Gasteiger charge is -2.24. The highest BCUT2D eigenvalue weighted by Gasteiger charge is 2.47. The lowest BCUT2D eigenvalue weighted by Crippen LogP contribution is -2.33. The molecule has 0 N–H and O–H groups in total. The second-order valence-corrected chi connectivity index (χ2v) is 9.72. The van der Waals surface area contributed by atoms with Crippen LogP contribution in [0.25, 0.3) is 16.8 Å². The number of anilines is 1. The van der Waals surface area contributed by atoms with Gasteiger partial charge in [-0.2, -0.15) is 4.58 Å². The van der Waals surface area contributed by atoms with E-state index >= 15 is 0 Å². The highest BCUT2D eigenvalue weighted by molar-refractivity contribution is 6.09. The number of allylic oxidation sites excluding steroid dienone is 1. The first kappa shape index (κ1) is 23.1. The largest absolute Gasteiger partial charge is 0.372 e. The van der Waals surface area contributed by atoms with Crippen molar-refractivity contribution in [2.75, 3.05) is 25.0 Å². The summed E-state index contributed by atoms with van der Waals surface area (Å²) in [5.74, 6) is 0. The zero-order valence-electron chi connectivity index (χ0n) is 21.3. The van der Waals surface area contributed by atoms with Crippen LogP contribution in [0.3, 0.4) is 0 Å². The highest BCUT2D eigenvalue weighted by Crippen LogP contribution is 2.45. The smallest absolute Gasteiger partial charge is 0.210 e. The summed E-state index contributed by atoms with van der Waals surface area (Å²) in [5.41, 5.74) is 7.80. The molecule has 0 amide bonds. The molecule has 1 heterocycles. The first-order valence-corrected chi connectivity index (χ1v) is 12.8. The minimum absolute atomic E-state index is 0.135. The Bertz CT molecular complexity index is 1390. The monoisotopic (exact) mass is 459 g/mol. The van der Waals surface area contributed by atoms with E-state index in [0.717, 1.165) is 19.5 Å². The fraction of sp³-hybridized carbons (Fsp3) is 0.242. The first-order chi connectivity index (χ1) is 17.0. The van der Waals surface area contributed by atoms with E-state index in [0.29, 0.717) is 0 Å². The SMILES string of the molecule is CCN(CC)c1ccc(C=CC2=[N+](C)c3ccc4ccccc4c3C2(C)Cc2ccccc2)cc1. The van der Waals surface area contributed by atoms with Crippen LogP contribution in [0.15, 0.2) is 97.1 Å². The maximum atomic E-state index is 2.41. The van der Waals surface area contributed by atoms with Gasteiger partial charge >= 0.3 is 0 Å². The lowest BCUT2D eigenvalue weighted by atomic mass is 9.73. The molecule has 35 heavy (non-hydrogen) atoms. The van der Waals surface area contributed by atoms with Crippen molar-refractivity contribution in [1.82, 2.24) is 0 Å². The molecule has 0 aliphatic carbocycles. The summed E-state index contributed by atoms with van der Waals surface area (Å²) in [6, 6.07) is 33.2. The predicted octanol–water partition coefficient (Wildman–Crippen LogP) is 7.63. The summed E-state index contributed by atoms with van der Waals surface area (Å²) < 4.78 is 2.39. The van der Waals surface area contributed by atoms with Gasteiger partial charge in [0.2, 0.25) is 5.69 Å². The molecule has 0 saturated carbocycles. The van der Waals surface area contributed by atoms with E-state index in [1.807, 2.05) is 0 Å². The topological polar surface area (TPSA) is 6.25 Å². The van der Waals surface area contributed by atoms with Crippen LogP contribution in [0.2, 0.25) is 0 Å². The molecular formula is C33H35N2+. The number of nitrogens with zero attached hydrogens (tertiary/aromatic N) is 2. The van der Waals surface area contributed by atoms with Gasteiger partial charge in [-0.15, -0.1) is 0 Å². The second-order valence-electron chi connectivity index (χ2n) is 9.72. The van der Waals surface area contributed by atoms with Crippen molar-refractivity contribution in [2.45, 2.75) is 32.6 Å². The van der Waals surface area contributed by atoms with Gasteiger partial charge in [-0.3, -0.25) is 0 Å². The third kappa shape index (κ3) is 4.18. The normalized spacial score (nSPS) is 17.4. The van der Waals surface area contributed by atoms with Crippen molar-refractivity contribution in [2.24, 2.45) is 0 Å². The molecular weight excluding hydrogens is 424 g/mol. The molecule has 0 fully saturated rings. The van der Waals surface area contributed by atoms with Gasteiger partial charge in [0, 0.05) is 36.5 Å². The van der Waals surface area contributed by atoms with Crippen LogP contribution < -0.4 is 4.90 Å². The maximum absolute atomic E-state index is 2.41. The van der Waals surface area contributed by atoms with E-state index in [2.05, 4.69) is 140 Å². The van der Waals surface area contributed by atoms with Crippen LogP contribution >= 0.6 is 0 Å². The minimum atomic E-state index is -0.135. The fourth-order valence-electron chi connectivity index (χ4n) is 5.79. The molecule has 4 aromatic carbocycles. The molecule has 1 atom stereocenters. The van der Waals surface area contributed by atoms with Crippen LogP contribution in [0, 0.1) is 0 Å². The number of hydrogen-bond acceptors (Lipinski definition) is 1. The summed E-state index contributed by atoms with van der Waals surface area (Å²) in [6.45, 7) is 8.88. The van der Waals surface area contributed by atoms with E-state index in [1.54, 1.807) is 0 Å². The third-order valence-corrected chi connectivity index (χ3v) is 7.60. The summed E-state index contributed by atoms with van der Waals surface area (Å²) in [5, 5.41) is 2.65. The molecule has 2 heteroatoms. The second kappa shape index (κ2) is 9.54. The average molecular weight is 460 g/mol. The molecule has 0 saturated heterocycles. The number of rotatable bonds is 7. The number of hydrogen-bond donors (Lipinski definition) is 0. The van der Waals surface area contributed by atoms with Crippen LogP contribution in [-0.4, -0.2) is 30.4 Å². The van der Waals surface area contributed by atoms with Crippen molar-refractivity contribution in [3.8, 4) is 0 Å². The molecule has 0 aromatic heterocycles. The Morgan fingerprint density at radius 3 is 2.17 bits per heavy atom. The van der Waals surface area contributed by atoms with E-state index in [9.17, 15) is 0 Å². The Labute approximate surface area is 209 Å². The van der Waals surface area contributed by atoms with Gasteiger partial charge in [0.05, 0.1) is 5.41 Å². The van der Waals surface area contributed by atoms with Crippen LogP contribution in [-0.2, 0) is 11.8 Å². The summed E-state index contributed by atoms with van der Waals surface area (Å²) in [7, 11) is 2.22. The Morgan fingerprint density at radius 2 is 1.46 bits per heavy atom. The fourth-order valence-corrected chi connectivity index (χ4v) is 5.79. The van der Waals surface area contributed by atoms with E-state index in [1.165, 1.54) is 44.5 Å². The van der Waals surface area contributed by atoms with Gasteiger partial charge < -0.3 is 4.90 Å². The van der Waals surface area contributed by atoms with Crippen LogP contribution in [0.4, 0.5) is 11.4 Å². The van der Waals surface area contributed by atoms with Crippen molar-refractivity contribution < 1.29 is 4.58 Å². The van der Waals surface area contributed by atoms with Crippen molar-refractivity contribution in [1.29, 1.82) is 0 Å². The van der Waals surface area contributed by atoms with Gasteiger partial charge in [-0.1, -0.05) is 66.7 Å². The average Bonchev–Trinajstić information content (AvgIpc) is 3.10. The Hall–Kier alpha value is -3.65. The molecule has 0 spiro atoms. The predicted molar refractivity (Wildman–Crippen MR) is 151 cm³/mol. The first-order valence-electron chi connectivity index (χ1n) is 12.8. The van der Waals surface area contributed by atoms with Gasteiger partial charge in [-0.05, 0) is 73.4 Å². The van der Waals surface area contributed by atoms with Crippen molar-refractivity contribution in [3.63, 3.8) is 0 Å². The molecule has 0 radical (unpaired) electrons. The zero-order chi connectivity index (χ0) is 24.4. The zero-order valence-corrected chi connectivity index (χ0v) is 21.3. The molecule has 0 bridgehead atoms. The molecule has 1 aliphatic heterocycles. The van der Waals surface area contributed by atoms with Gasteiger partial charge in [-0.25, -0.2) is 0 Å². The van der Waals surface area contributed by atoms with E-state index < -0.39 is 0 Å². The van der Waals surface area contributed by atoms with Crippen molar-refractivity contribution >= 4 is 33.9 Å². The quantitative estimate of drug-likeness (QED) is 0.258. The maximum Gasteiger partial charge on any atom is 0.210 e. The molecule has 4 aromatic rings. The van der Waals surface area contributed by atoms with Crippen LogP contribution in [0.1, 0.15) is 37.5 Å². The van der Waals surface area contributed by atoms with Gasteiger partial charge in [0.25, 0.3) is 0 Å². The molecule has 1 aliphatic rings.